The van der Waals surface area contributed by atoms with Gasteiger partial charge in [0.2, 0.25) is 11.8 Å². The number of carbonyl (C=O) groups excluding carboxylic acids is 2. The largest absolute Gasteiger partial charge is 0.478 e. The molecule has 2 unspecified atom stereocenters. The van der Waals surface area contributed by atoms with E-state index in [2.05, 4.69) is 5.32 Å². The van der Waals surface area contributed by atoms with Crippen molar-refractivity contribution < 1.29 is 32.7 Å². The molecular weight excluding hydrogens is 533 g/mol. The Morgan fingerprint density at radius 3 is 2.44 bits per heavy atom. The second-order valence-corrected chi connectivity index (χ2v) is 10.8. The maximum absolute atomic E-state index is 13.0. The number of hydrogen-bond donors (Lipinski definition) is 2. The van der Waals surface area contributed by atoms with Gasteiger partial charge >= 0.3 is 12.1 Å². The molecule has 9 heteroatoms. The molecule has 214 valence electrons. The molecule has 0 saturated heterocycles. The molecule has 1 aliphatic heterocycles. The van der Waals surface area contributed by atoms with E-state index in [1.165, 1.54) is 4.90 Å². The van der Waals surface area contributed by atoms with Crippen LogP contribution in [0.25, 0.3) is 11.1 Å². The Bertz CT molecular complexity index is 1490. The maximum atomic E-state index is 13.0. The van der Waals surface area contributed by atoms with Crippen molar-refractivity contribution in [2.75, 3.05) is 6.54 Å². The van der Waals surface area contributed by atoms with Crippen LogP contribution >= 0.6 is 0 Å². The molecular formula is C32H31F3N2O4. The van der Waals surface area contributed by atoms with Crippen molar-refractivity contribution >= 4 is 17.8 Å². The molecule has 0 radical (unpaired) electrons. The number of fused-ring (bicyclic) bond motifs is 1. The highest BCUT2D eigenvalue weighted by Crippen LogP contribution is 2.47. The van der Waals surface area contributed by atoms with Gasteiger partial charge in [-0.3, -0.25) is 9.59 Å². The average molecular weight is 565 g/mol. The summed E-state index contributed by atoms with van der Waals surface area (Å²) in [5, 5.41) is 12.6. The van der Waals surface area contributed by atoms with Gasteiger partial charge in [-0.15, -0.1) is 0 Å². The van der Waals surface area contributed by atoms with Gasteiger partial charge in [-0.05, 0) is 70.7 Å². The lowest BCUT2D eigenvalue weighted by Crippen LogP contribution is -2.37. The summed E-state index contributed by atoms with van der Waals surface area (Å²) in [6, 6.07) is 18.7. The summed E-state index contributed by atoms with van der Waals surface area (Å²) in [6.45, 7) is 2.34. The fraction of sp³-hybridized carbons (Fsp3) is 0.344. The van der Waals surface area contributed by atoms with Crippen molar-refractivity contribution in [2.45, 2.75) is 57.8 Å². The van der Waals surface area contributed by atoms with Crippen molar-refractivity contribution in [3.8, 4) is 11.1 Å². The van der Waals surface area contributed by atoms with Gasteiger partial charge in [0, 0.05) is 32.0 Å². The number of alkyl halides is 3. The third kappa shape index (κ3) is 6.29. The number of nitrogens with one attached hydrogen (secondary N) is 1. The third-order valence-corrected chi connectivity index (χ3v) is 8.15. The summed E-state index contributed by atoms with van der Waals surface area (Å²) < 4.78 is 38.4. The van der Waals surface area contributed by atoms with Crippen LogP contribution in [0, 0.1) is 12.8 Å². The third-order valence-electron chi connectivity index (χ3n) is 8.15. The van der Waals surface area contributed by atoms with Crippen molar-refractivity contribution in [3.05, 3.63) is 94.0 Å². The summed E-state index contributed by atoms with van der Waals surface area (Å²) >= 11 is 0. The first-order valence-corrected chi connectivity index (χ1v) is 13.7. The Balaban J connectivity index is 1.41. The van der Waals surface area contributed by atoms with E-state index in [9.17, 15) is 32.7 Å². The van der Waals surface area contributed by atoms with Crippen LogP contribution in [0.15, 0.2) is 60.7 Å². The Morgan fingerprint density at radius 1 is 0.976 bits per heavy atom. The predicted octanol–water partition coefficient (Wildman–Crippen LogP) is 6.01. The van der Waals surface area contributed by atoms with E-state index in [0.717, 1.165) is 39.8 Å². The van der Waals surface area contributed by atoms with Gasteiger partial charge in [-0.1, -0.05) is 54.6 Å². The van der Waals surface area contributed by atoms with Gasteiger partial charge in [0.15, 0.2) is 0 Å². The number of halogens is 3. The van der Waals surface area contributed by atoms with Gasteiger partial charge in [-0.2, -0.15) is 13.2 Å². The standard InChI is InChI=1S/C32H31F3N2O4/c1-19-22(8-5-9-23(19)31(40)41)24-11-10-21(17-36-30(39)27-16-26(27)20-6-3-2-4-7-20)28-18-37(15-13-25(24)28)29(38)12-14-32(33,34)35/h2-11,26-27H,12-18H2,1H3,(H,36,39)(H,40,41). The summed E-state index contributed by atoms with van der Waals surface area (Å²) in [4.78, 5) is 38.9. The molecule has 5 rings (SSSR count). The molecule has 2 N–H and O–H groups in total. The number of amides is 2. The molecule has 1 fully saturated rings. The molecule has 0 spiro atoms. The molecule has 2 atom stereocenters. The number of carboxylic acids is 1. The first kappa shape index (κ1) is 28.4. The summed E-state index contributed by atoms with van der Waals surface area (Å²) in [5.74, 6) is -1.60. The second kappa shape index (κ2) is 11.4. The topological polar surface area (TPSA) is 86.7 Å². The number of rotatable bonds is 8. The quantitative estimate of drug-likeness (QED) is 0.351. The molecule has 0 bridgehead atoms. The van der Waals surface area contributed by atoms with Crippen LogP contribution in [0.3, 0.4) is 0 Å². The number of aromatic carboxylic acids is 1. The van der Waals surface area contributed by atoms with Gasteiger partial charge in [-0.25, -0.2) is 4.79 Å². The molecule has 41 heavy (non-hydrogen) atoms. The molecule has 2 aliphatic rings. The van der Waals surface area contributed by atoms with E-state index >= 15 is 0 Å². The van der Waals surface area contributed by atoms with E-state index in [1.807, 2.05) is 48.5 Å². The lowest BCUT2D eigenvalue weighted by Gasteiger charge is -2.32. The first-order chi connectivity index (χ1) is 19.5. The Labute approximate surface area is 236 Å². The van der Waals surface area contributed by atoms with Crippen LogP contribution in [0.4, 0.5) is 13.2 Å². The molecule has 1 aliphatic carbocycles. The molecule has 3 aromatic rings. The lowest BCUT2D eigenvalue weighted by molar-refractivity contribution is -0.149. The van der Waals surface area contributed by atoms with E-state index < -0.39 is 30.9 Å². The monoisotopic (exact) mass is 564 g/mol. The normalized spacial score (nSPS) is 18.0. The smallest absolute Gasteiger partial charge is 0.389 e. The van der Waals surface area contributed by atoms with Crippen LogP contribution < -0.4 is 5.32 Å². The first-order valence-electron chi connectivity index (χ1n) is 13.7. The zero-order valence-electron chi connectivity index (χ0n) is 22.6. The summed E-state index contributed by atoms with van der Waals surface area (Å²) in [7, 11) is 0. The number of benzene rings is 3. The number of carboxylic acid groups (broad SMARTS) is 1. The van der Waals surface area contributed by atoms with E-state index in [1.54, 1.807) is 19.1 Å². The fourth-order valence-electron chi connectivity index (χ4n) is 5.80. The average Bonchev–Trinajstić information content (AvgIpc) is 3.76. The molecule has 3 aromatic carbocycles. The minimum atomic E-state index is -4.42. The van der Waals surface area contributed by atoms with Crippen LogP contribution in [-0.4, -0.2) is 40.5 Å². The minimum absolute atomic E-state index is 0.0596. The zero-order valence-corrected chi connectivity index (χ0v) is 22.6. The van der Waals surface area contributed by atoms with Crippen LogP contribution in [0.1, 0.15) is 63.4 Å². The van der Waals surface area contributed by atoms with E-state index in [-0.39, 0.29) is 42.9 Å². The Kier molecular flexibility index (Phi) is 7.89. The molecule has 1 heterocycles. The van der Waals surface area contributed by atoms with Crippen molar-refractivity contribution in [1.29, 1.82) is 0 Å². The molecule has 0 aromatic heterocycles. The zero-order chi connectivity index (χ0) is 29.3. The van der Waals surface area contributed by atoms with Crippen molar-refractivity contribution in [2.24, 2.45) is 5.92 Å². The Morgan fingerprint density at radius 2 is 1.73 bits per heavy atom. The Hall–Kier alpha value is -4.14. The minimum Gasteiger partial charge on any atom is -0.478 e. The molecule has 2 amide bonds. The second-order valence-electron chi connectivity index (χ2n) is 10.8. The van der Waals surface area contributed by atoms with Gasteiger partial charge < -0.3 is 15.3 Å². The summed E-state index contributed by atoms with van der Waals surface area (Å²) in [5.41, 5.74) is 5.97. The van der Waals surface area contributed by atoms with E-state index in [4.69, 9.17) is 0 Å². The van der Waals surface area contributed by atoms with Crippen LogP contribution in [0.5, 0.6) is 0 Å². The number of nitrogens with zero attached hydrogens (tertiary/aromatic N) is 1. The van der Waals surface area contributed by atoms with Gasteiger partial charge in [0.05, 0.1) is 12.0 Å². The van der Waals surface area contributed by atoms with E-state index in [0.29, 0.717) is 12.0 Å². The number of hydrogen-bond acceptors (Lipinski definition) is 3. The SMILES string of the molecule is Cc1c(C(=O)O)cccc1-c1ccc(CNC(=O)C2CC2c2ccccc2)c2c1CCN(C(=O)CCC(F)(F)F)C2. The van der Waals surface area contributed by atoms with Crippen molar-refractivity contribution in [3.63, 3.8) is 0 Å². The highest BCUT2D eigenvalue weighted by molar-refractivity contribution is 5.92. The lowest BCUT2D eigenvalue weighted by atomic mass is 9.85. The van der Waals surface area contributed by atoms with Gasteiger partial charge in [0.1, 0.15) is 0 Å². The maximum Gasteiger partial charge on any atom is 0.389 e. The molecule has 6 nitrogen and oxygen atoms in total. The number of carbonyl (C=O) groups is 3. The van der Waals surface area contributed by atoms with Crippen LogP contribution in [-0.2, 0) is 29.1 Å². The highest BCUT2D eigenvalue weighted by Gasteiger charge is 2.43. The van der Waals surface area contributed by atoms with Crippen molar-refractivity contribution in [1.82, 2.24) is 10.2 Å². The van der Waals surface area contributed by atoms with Gasteiger partial charge in [0.25, 0.3) is 0 Å². The van der Waals surface area contributed by atoms with Crippen LogP contribution in [0.2, 0.25) is 0 Å². The predicted molar refractivity (Wildman–Crippen MR) is 147 cm³/mol. The fourth-order valence-corrected chi connectivity index (χ4v) is 5.80. The summed E-state index contributed by atoms with van der Waals surface area (Å²) in [6.07, 6.45) is -5.04. The highest BCUT2D eigenvalue weighted by atomic mass is 19.4. The molecule has 1 saturated carbocycles.